The molecule has 0 heterocycles. The molecule has 0 unspecified atom stereocenters. The minimum Gasteiger partial charge on any atom is -0.0995 e. The van der Waals surface area contributed by atoms with E-state index < -0.39 is 0 Å². The van der Waals surface area contributed by atoms with Gasteiger partial charge in [0, 0.05) is 5.92 Å². The number of rotatable bonds is 4. The molecule has 0 aliphatic carbocycles. The van der Waals surface area contributed by atoms with E-state index in [2.05, 4.69) is 51.3 Å². The van der Waals surface area contributed by atoms with E-state index in [1.807, 2.05) is 6.07 Å². The average Bonchev–Trinajstić information content (AvgIpc) is 2.15. The lowest BCUT2D eigenvalue weighted by molar-refractivity contribution is 0.712. The third-order valence-corrected chi connectivity index (χ3v) is 2.47. The van der Waals surface area contributed by atoms with Crippen LogP contribution in [0.15, 0.2) is 54.6 Å². The Morgan fingerprint density at radius 2 is 1.57 bits per heavy atom. The smallest absolute Gasteiger partial charge is 0.00364 e. The quantitative estimate of drug-likeness (QED) is 0.623. The molecule has 0 saturated heterocycles. The van der Waals surface area contributed by atoms with E-state index in [1.165, 1.54) is 16.7 Å². The predicted octanol–water partition coefficient (Wildman–Crippen LogP) is 4.00. The lowest BCUT2D eigenvalue weighted by atomic mass is 9.88. The molecule has 0 spiro atoms. The Balaban J connectivity index is 2.75. The number of hydrogen-bond acceptors (Lipinski definition) is 0. The SMILES string of the molecule is C=C(C)C(Cc1ccccc1)C(=C)C. The summed E-state index contributed by atoms with van der Waals surface area (Å²) < 4.78 is 0. The molecular formula is C14H18. The van der Waals surface area contributed by atoms with Crippen molar-refractivity contribution in [2.75, 3.05) is 0 Å². The summed E-state index contributed by atoms with van der Waals surface area (Å²) in [6.45, 7) is 12.2. The zero-order valence-corrected chi connectivity index (χ0v) is 9.09. The molecule has 0 atom stereocenters. The summed E-state index contributed by atoms with van der Waals surface area (Å²) in [6.07, 6.45) is 1.02. The van der Waals surface area contributed by atoms with Crippen molar-refractivity contribution in [1.82, 2.24) is 0 Å². The van der Waals surface area contributed by atoms with Crippen molar-refractivity contribution >= 4 is 0 Å². The van der Waals surface area contributed by atoms with E-state index >= 15 is 0 Å². The molecule has 0 aliphatic heterocycles. The Bertz CT molecular complexity index is 305. The molecule has 0 heteroatoms. The highest BCUT2D eigenvalue weighted by Crippen LogP contribution is 2.21. The normalized spacial score (nSPS) is 10.2. The highest BCUT2D eigenvalue weighted by Gasteiger charge is 2.10. The number of allylic oxidation sites excluding steroid dienone is 2. The zero-order chi connectivity index (χ0) is 10.6. The third-order valence-electron chi connectivity index (χ3n) is 2.47. The summed E-state index contributed by atoms with van der Waals surface area (Å²) in [5.41, 5.74) is 3.74. The molecule has 1 aromatic rings. The number of benzene rings is 1. The van der Waals surface area contributed by atoms with Gasteiger partial charge in [-0.25, -0.2) is 0 Å². The van der Waals surface area contributed by atoms with Gasteiger partial charge in [-0.1, -0.05) is 54.6 Å². The lowest BCUT2D eigenvalue weighted by Gasteiger charge is -2.17. The zero-order valence-electron chi connectivity index (χ0n) is 9.09. The largest absolute Gasteiger partial charge is 0.0995 e. The van der Waals surface area contributed by atoms with Gasteiger partial charge < -0.3 is 0 Å². The lowest BCUT2D eigenvalue weighted by Crippen LogP contribution is -2.06. The maximum Gasteiger partial charge on any atom is 0.00364 e. The summed E-state index contributed by atoms with van der Waals surface area (Å²) in [5.74, 6) is 0.414. The standard InChI is InChI=1S/C14H18/c1-11(2)14(12(3)4)10-13-8-6-5-7-9-13/h5-9,14H,1,3,10H2,2,4H3. The van der Waals surface area contributed by atoms with Gasteiger partial charge in [0.2, 0.25) is 0 Å². The predicted molar refractivity (Wildman–Crippen MR) is 63.3 cm³/mol. The Morgan fingerprint density at radius 3 is 2.00 bits per heavy atom. The van der Waals surface area contributed by atoms with Crippen LogP contribution in [0.25, 0.3) is 0 Å². The van der Waals surface area contributed by atoms with Gasteiger partial charge in [-0.05, 0) is 25.8 Å². The maximum atomic E-state index is 4.01. The van der Waals surface area contributed by atoms with Crippen LogP contribution in [0.1, 0.15) is 19.4 Å². The second-order valence-electron chi connectivity index (χ2n) is 3.94. The van der Waals surface area contributed by atoms with Gasteiger partial charge in [-0.2, -0.15) is 0 Å². The first-order valence-electron chi connectivity index (χ1n) is 4.96. The molecule has 0 radical (unpaired) electrons. The first-order chi connectivity index (χ1) is 6.61. The molecular weight excluding hydrogens is 168 g/mol. The first kappa shape index (κ1) is 10.8. The summed E-state index contributed by atoms with van der Waals surface area (Å²) in [5, 5.41) is 0. The van der Waals surface area contributed by atoms with Crippen LogP contribution in [-0.2, 0) is 6.42 Å². The van der Waals surface area contributed by atoms with Gasteiger partial charge in [-0.3, -0.25) is 0 Å². The molecule has 0 aliphatic rings. The molecule has 14 heavy (non-hydrogen) atoms. The van der Waals surface area contributed by atoms with Crippen molar-refractivity contribution in [2.24, 2.45) is 5.92 Å². The van der Waals surface area contributed by atoms with Gasteiger partial charge in [0.15, 0.2) is 0 Å². The molecule has 0 fully saturated rings. The summed E-state index contributed by atoms with van der Waals surface area (Å²) in [7, 11) is 0. The summed E-state index contributed by atoms with van der Waals surface area (Å²) in [4.78, 5) is 0. The molecule has 0 saturated carbocycles. The van der Waals surface area contributed by atoms with E-state index in [1.54, 1.807) is 0 Å². The van der Waals surface area contributed by atoms with E-state index in [9.17, 15) is 0 Å². The Kier molecular flexibility index (Phi) is 3.70. The van der Waals surface area contributed by atoms with Gasteiger partial charge in [-0.15, -0.1) is 0 Å². The van der Waals surface area contributed by atoms with Gasteiger partial charge in [0.05, 0.1) is 0 Å². The van der Waals surface area contributed by atoms with Crippen molar-refractivity contribution in [3.8, 4) is 0 Å². The van der Waals surface area contributed by atoms with Crippen molar-refractivity contribution < 1.29 is 0 Å². The Labute approximate surface area is 87.0 Å². The van der Waals surface area contributed by atoms with Crippen molar-refractivity contribution in [3.05, 3.63) is 60.2 Å². The highest BCUT2D eigenvalue weighted by molar-refractivity contribution is 5.22. The number of hydrogen-bond donors (Lipinski definition) is 0. The Morgan fingerprint density at radius 1 is 1.07 bits per heavy atom. The van der Waals surface area contributed by atoms with Crippen LogP contribution in [-0.4, -0.2) is 0 Å². The fourth-order valence-electron chi connectivity index (χ4n) is 1.62. The van der Waals surface area contributed by atoms with Crippen LogP contribution in [0.4, 0.5) is 0 Å². The molecule has 0 aromatic heterocycles. The summed E-state index contributed by atoms with van der Waals surface area (Å²) in [6, 6.07) is 10.5. The van der Waals surface area contributed by atoms with Crippen LogP contribution in [0.3, 0.4) is 0 Å². The minimum absolute atomic E-state index is 0.414. The van der Waals surface area contributed by atoms with Crippen LogP contribution >= 0.6 is 0 Å². The van der Waals surface area contributed by atoms with Crippen molar-refractivity contribution in [2.45, 2.75) is 20.3 Å². The van der Waals surface area contributed by atoms with E-state index in [0.29, 0.717) is 5.92 Å². The molecule has 74 valence electrons. The fourth-order valence-corrected chi connectivity index (χ4v) is 1.62. The van der Waals surface area contributed by atoms with Gasteiger partial charge in [0.1, 0.15) is 0 Å². The fraction of sp³-hybridized carbons (Fsp3) is 0.286. The second kappa shape index (κ2) is 4.80. The van der Waals surface area contributed by atoms with Gasteiger partial charge >= 0.3 is 0 Å². The minimum atomic E-state index is 0.414. The third kappa shape index (κ3) is 2.88. The molecule has 0 N–H and O–H groups in total. The van der Waals surface area contributed by atoms with Crippen LogP contribution in [0, 0.1) is 5.92 Å². The topological polar surface area (TPSA) is 0 Å². The molecule has 1 aromatic carbocycles. The molecule has 0 amide bonds. The molecule has 0 bridgehead atoms. The average molecular weight is 186 g/mol. The van der Waals surface area contributed by atoms with Crippen LogP contribution in [0.2, 0.25) is 0 Å². The second-order valence-corrected chi connectivity index (χ2v) is 3.94. The summed E-state index contributed by atoms with van der Waals surface area (Å²) >= 11 is 0. The first-order valence-corrected chi connectivity index (χ1v) is 4.96. The van der Waals surface area contributed by atoms with Crippen LogP contribution < -0.4 is 0 Å². The van der Waals surface area contributed by atoms with E-state index in [4.69, 9.17) is 0 Å². The van der Waals surface area contributed by atoms with Crippen molar-refractivity contribution in [1.29, 1.82) is 0 Å². The van der Waals surface area contributed by atoms with Crippen molar-refractivity contribution in [3.63, 3.8) is 0 Å². The highest BCUT2D eigenvalue weighted by atomic mass is 14.1. The van der Waals surface area contributed by atoms with Gasteiger partial charge in [0.25, 0.3) is 0 Å². The Hall–Kier alpha value is -1.30. The van der Waals surface area contributed by atoms with E-state index in [-0.39, 0.29) is 0 Å². The molecule has 0 nitrogen and oxygen atoms in total. The molecule has 1 rings (SSSR count). The maximum absolute atomic E-state index is 4.01. The van der Waals surface area contributed by atoms with Crippen LogP contribution in [0.5, 0.6) is 0 Å². The monoisotopic (exact) mass is 186 g/mol. The van der Waals surface area contributed by atoms with E-state index in [0.717, 1.165) is 6.42 Å².